The number of anilines is 1. The molecule has 0 aromatic heterocycles. The van der Waals surface area contributed by atoms with Crippen LogP contribution < -0.4 is 14.8 Å². The van der Waals surface area contributed by atoms with Crippen molar-refractivity contribution in [2.75, 3.05) is 12.4 Å². The molecule has 3 rings (SSSR count). The van der Waals surface area contributed by atoms with Crippen LogP contribution >= 0.6 is 0 Å². The largest absolute Gasteiger partial charge is 0.493 e. The van der Waals surface area contributed by atoms with Crippen molar-refractivity contribution in [2.45, 2.75) is 64.7 Å². The lowest BCUT2D eigenvalue weighted by atomic mass is 9.75. The highest BCUT2D eigenvalue weighted by Crippen LogP contribution is 2.39. The zero-order chi connectivity index (χ0) is 23.8. The number of rotatable bonds is 9. The van der Waals surface area contributed by atoms with Gasteiger partial charge in [-0.15, -0.1) is 0 Å². The van der Waals surface area contributed by atoms with Crippen molar-refractivity contribution in [3.8, 4) is 11.5 Å². The summed E-state index contributed by atoms with van der Waals surface area (Å²) in [5, 5.41) is 3.02. The van der Waals surface area contributed by atoms with Gasteiger partial charge in [-0.25, -0.2) is 0 Å². The van der Waals surface area contributed by atoms with Crippen molar-refractivity contribution >= 4 is 17.6 Å². The van der Waals surface area contributed by atoms with Gasteiger partial charge in [0.05, 0.1) is 13.5 Å². The lowest BCUT2D eigenvalue weighted by molar-refractivity contribution is -0.132. The molecule has 5 nitrogen and oxygen atoms in total. The molecule has 0 heterocycles. The molecule has 0 aliphatic heterocycles. The van der Waals surface area contributed by atoms with Crippen molar-refractivity contribution in [3.63, 3.8) is 0 Å². The highest BCUT2D eigenvalue weighted by molar-refractivity contribution is 5.92. The minimum absolute atomic E-state index is 0.103. The Hall–Kier alpha value is -3.08. The number of allylic oxidation sites excluding steroid dienone is 1. The lowest BCUT2D eigenvalue weighted by Gasteiger charge is -2.30. The summed E-state index contributed by atoms with van der Waals surface area (Å²) in [6.07, 6.45) is 7.24. The van der Waals surface area contributed by atoms with Crippen molar-refractivity contribution < 1.29 is 19.1 Å². The Labute approximate surface area is 197 Å². The van der Waals surface area contributed by atoms with Crippen molar-refractivity contribution in [3.05, 3.63) is 65.7 Å². The van der Waals surface area contributed by atoms with Crippen LogP contribution in [0.4, 0.5) is 5.69 Å². The Kier molecular flexibility index (Phi) is 8.70. The van der Waals surface area contributed by atoms with Crippen molar-refractivity contribution in [1.82, 2.24) is 0 Å². The predicted molar refractivity (Wildman–Crippen MR) is 132 cm³/mol. The molecule has 0 atom stereocenters. The number of hydrogen-bond donors (Lipinski definition) is 1. The Balaban J connectivity index is 1.59. The zero-order valence-corrected chi connectivity index (χ0v) is 20.0. The minimum atomic E-state index is -0.418. The highest BCUT2D eigenvalue weighted by atomic mass is 16.6. The maximum absolute atomic E-state index is 12.7. The van der Waals surface area contributed by atoms with E-state index in [9.17, 15) is 9.59 Å². The third kappa shape index (κ3) is 6.95. The van der Waals surface area contributed by atoms with Gasteiger partial charge < -0.3 is 14.8 Å². The molecule has 2 aromatic rings. The number of nitrogens with one attached hydrogen (secondary N) is 1. The lowest BCUT2D eigenvalue weighted by Crippen LogP contribution is -2.16. The van der Waals surface area contributed by atoms with E-state index in [-0.39, 0.29) is 12.3 Å². The average Bonchev–Trinajstić information content (AvgIpc) is 2.80. The van der Waals surface area contributed by atoms with Gasteiger partial charge in [-0.3, -0.25) is 9.59 Å². The first-order valence-corrected chi connectivity index (χ1v) is 11.8. The van der Waals surface area contributed by atoms with Gasteiger partial charge in [0.15, 0.2) is 11.5 Å². The normalized spacial score (nSPS) is 17.8. The van der Waals surface area contributed by atoms with Crippen LogP contribution in [0.2, 0.25) is 0 Å². The topological polar surface area (TPSA) is 64.6 Å². The van der Waals surface area contributed by atoms with Crippen LogP contribution in [0.25, 0.3) is 0 Å². The summed E-state index contributed by atoms with van der Waals surface area (Å²) in [4.78, 5) is 23.9. The summed E-state index contributed by atoms with van der Waals surface area (Å²) in [6.45, 7) is 7.85. The second-order valence-electron chi connectivity index (χ2n) is 8.89. The Bertz CT molecular complexity index is 989. The first-order valence-electron chi connectivity index (χ1n) is 11.8. The van der Waals surface area contributed by atoms with E-state index in [1.807, 2.05) is 12.1 Å². The summed E-state index contributed by atoms with van der Waals surface area (Å²) in [7, 11) is 1.50. The van der Waals surface area contributed by atoms with Crippen molar-refractivity contribution in [1.29, 1.82) is 0 Å². The van der Waals surface area contributed by atoms with Crippen molar-refractivity contribution in [2.24, 2.45) is 5.92 Å². The van der Waals surface area contributed by atoms with E-state index >= 15 is 0 Å². The fraction of sp³-hybridized carbons (Fsp3) is 0.429. The van der Waals surface area contributed by atoms with Gasteiger partial charge in [-0.05, 0) is 79.3 Å². The van der Waals surface area contributed by atoms with Gasteiger partial charge in [0.1, 0.15) is 0 Å². The van der Waals surface area contributed by atoms with Crippen LogP contribution in [-0.4, -0.2) is 19.0 Å². The quantitative estimate of drug-likeness (QED) is 0.272. The van der Waals surface area contributed by atoms with E-state index < -0.39 is 5.97 Å². The predicted octanol–water partition coefficient (Wildman–Crippen LogP) is 6.43. The zero-order valence-electron chi connectivity index (χ0n) is 20.0. The molecule has 5 heteroatoms. The molecule has 0 spiro atoms. The van der Waals surface area contributed by atoms with Gasteiger partial charge in [-0.1, -0.05) is 43.7 Å². The van der Waals surface area contributed by atoms with Gasteiger partial charge in [0.2, 0.25) is 5.91 Å². The molecule has 1 saturated carbocycles. The van der Waals surface area contributed by atoms with Gasteiger partial charge in [0.25, 0.3) is 0 Å². The standard InChI is InChI=1S/C28H35NO4/c1-5-7-19(2)22-11-13-23(14-12-22)24-8-6-9-25(18-24)29-28(31)17-21-10-15-26(33-20(3)30)27(16-21)32-4/h6,8-10,15-16,18,22-23H,2,5,7,11-14,17H2,1,3-4H3,(H,29,31). The third-order valence-corrected chi connectivity index (χ3v) is 6.36. The third-order valence-electron chi connectivity index (χ3n) is 6.36. The van der Waals surface area contributed by atoms with E-state index in [1.54, 1.807) is 18.2 Å². The molecule has 33 heavy (non-hydrogen) atoms. The minimum Gasteiger partial charge on any atom is -0.493 e. The molecule has 2 aromatic carbocycles. The summed E-state index contributed by atoms with van der Waals surface area (Å²) in [5.74, 6) is 1.44. The number of methoxy groups -OCH3 is 1. The average molecular weight is 450 g/mol. The maximum atomic E-state index is 12.7. The van der Waals surface area contributed by atoms with E-state index in [2.05, 4.69) is 31.0 Å². The second-order valence-corrected chi connectivity index (χ2v) is 8.89. The molecule has 0 bridgehead atoms. The summed E-state index contributed by atoms with van der Waals surface area (Å²) >= 11 is 0. The van der Waals surface area contributed by atoms with Crippen LogP contribution in [0, 0.1) is 5.92 Å². The molecule has 0 unspecified atom stereocenters. The molecule has 0 radical (unpaired) electrons. The summed E-state index contributed by atoms with van der Waals surface area (Å²) in [5.41, 5.74) is 4.30. The number of carbonyl (C=O) groups is 2. The molecule has 1 N–H and O–H groups in total. The maximum Gasteiger partial charge on any atom is 0.308 e. The number of hydrogen-bond acceptors (Lipinski definition) is 4. The van der Waals surface area contributed by atoms with E-state index in [1.165, 1.54) is 57.3 Å². The van der Waals surface area contributed by atoms with Gasteiger partial charge in [0, 0.05) is 12.6 Å². The number of ether oxygens (including phenoxy) is 2. The first-order chi connectivity index (χ1) is 15.9. The molecule has 1 fully saturated rings. The van der Waals surface area contributed by atoms with Gasteiger partial charge in [-0.2, -0.15) is 0 Å². The Morgan fingerprint density at radius 1 is 1.06 bits per heavy atom. The van der Waals surface area contributed by atoms with Crippen LogP contribution in [0.5, 0.6) is 11.5 Å². The second kappa shape index (κ2) is 11.7. The fourth-order valence-electron chi connectivity index (χ4n) is 4.68. The molecule has 176 valence electrons. The smallest absolute Gasteiger partial charge is 0.308 e. The van der Waals surface area contributed by atoms with Crippen LogP contribution in [0.3, 0.4) is 0 Å². The molecule has 0 saturated heterocycles. The fourth-order valence-corrected chi connectivity index (χ4v) is 4.68. The monoisotopic (exact) mass is 449 g/mol. The highest BCUT2D eigenvalue weighted by Gasteiger charge is 2.24. The number of benzene rings is 2. The molecular weight excluding hydrogens is 414 g/mol. The Morgan fingerprint density at radius 2 is 1.82 bits per heavy atom. The van der Waals surface area contributed by atoms with E-state index in [4.69, 9.17) is 9.47 Å². The van der Waals surface area contributed by atoms with Crippen LogP contribution in [0.1, 0.15) is 69.4 Å². The summed E-state index contributed by atoms with van der Waals surface area (Å²) in [6, 6.07) is 13.4. The first kappa shape index (κ1) is 24.6. The van der Waals surface area contributed by atoms with Crippen LogP contribution in [-0.2, 0) is 16.0 Å². The molecule has 1 aliphatic carbocycles. The number of amides is 1. The summed E-state index contributed by atoms with van der Waals surface area (Å²) < 4.78 is 10.4. The molecule has 1 amide bonds. The number of esters is 1. The van der Waals surface area contributed by atoms with Gasteiger partial charge >= 0.3 is 5.97 Å². The molecular formula is C28H35NO4. The molecule has 1 aliphatic rings. The Morgan fingerprint density at radius 3 is 2.48 bits per heavy atom. The van der Waals surface area contributed by atoms with E-state index in [0.717, 1.165) is 17.7 Å². The SMILES string of the molecule is C=C(CCC)C1CCC(c2cccc(NC(=O)Cc3ccc(OC(C)=O)c(OC)c3)c2)CC1. The van der Waals surface area contributed by atoms with Crippen LogP contribution in [0.15, 0.2) is 54.6 Å². The number of carbonyl (C=O) groups excluding carboxylic acids is 2. The van der Waals surface area contributed by atoms with E-state index in [0.29, 0.717) is 23.3 Å².